The van der Waals surface area contributed by atoms with Gasteiger partial charge < -0.3 is 15.6 Å². The Morgan fingerprint density at radius 3 is 2.50 bits per heavy atom. The van der Waals surface area contributed by atoms with Crippen LogP contribution < -0.4 is 10.6 Å². The fraction of sp³-hybridized carbons (Fsp3) is 0.172. The molecule has 1 aromatic heterocycles. The second-order valence-electron chi connectivity index (χ2n) is 10.1. The molecule has 0 saturated carbocycles. The second kappa shape index (κ2) is 7.15. The van der Waals surface area contributed by atoms with Crippen LogP contribution in [-0.2, 0) is 20.5 Å². The number of likely N-dealkylation sites (tertiary alicyclic amines) is 1. The van der Waals surface area contributed by atoms with E-state index >= 15 is 0 Å². The van der Waals surface area contributed by atoms with Crippen molar-refractivity contribution >= 4 is 39.9 Å². The number of ketones is 1. The van der Waals surface area contributed by atoms with Crippen molar-refractivity contribution in [2.24, 2.45) is 5.41 Å². The maximum Gasteiger partial charge on any atom is 0.251 e. The summed E-state index contributed by atoms with van der Waals surface area (Å²) in [5.74, 6) is -2.46. The zero-order chi connectivity index (χ0) is 26.4. The molecule has 3 aliphatic heterocycles. The van der Waals surface area contributed by atoms with E-state index in [2.05, 4.69) is 21.7 Å². The Kier molecular flexibility index (Phi) is 4.21. The average molecular weight is 506 g/mol. The van der Waals surface area contributed by atoms with Gasteiger partial charge in [-0.15, -0.1) is 0 Å². The predicted octanol–water partition coefficient (Wildman–Crippen LogP) is 3.68. The van der Waals surface area contributed by atoms with Gasteiger partial charge in [-0.25, -0.2) is 4.39 Å². The van der Waals surface area contributed by atoms with Crippen molar-refractivity contribution in [1.29, 1.82) is 5.26 Å². The van der Waals surface area contributed by atoms with Gasteiger partial charge in [-0.05, 0) is 42.9 Å². The van der Waals surface area contributed by atoms with E-state index in [4.69, 9.17) is 0 Å². The monoisotopic (exact) mass is 505 g/mol. The van der Waals surface area contributed by atoms with E-state index in [0.717, 1.165) is 0 Å². The lowest BCUT2D eigenvalue weighted by molar-refractivity contribution is -0.137. The number of benzene rings is 3. The number of aromatic amines is 1. The summed E-state index contributed by atoms with van der Waals surface area (Å²) in [5.41, 5.74) is -3.74. The van der Waals surface area contributed by atoms with Crippen molar-refractivity contribution in [3.05, 3.63) is 95.4 Å². The van der Waals surface area contributed by atoms with Crippen molar-refractivity contribution < 1.29 is 18.8 Å². The van der Waals surface area contributed by atoms with Crippen LogP contribution in [0.5, 0.6) is 0 Å². The molecule has 38 heavy (non-hydrogen) atoms. The Bertz CT molecular complexity index is 1790. The first-order valence-electron chi connectivity index (χ1n) is 12.1. The Balaban J connectivity index is 1.63. The van der Waals surface area contributed by atoms with Crippen LogP contribution in [0.1, 0.15) is 21.5 Å². The zero-order valence-corrected chi connectivity index (χ0v) is 20.1. The molecule has 0 unspecified atom stereocenters. The lowest BCUT2D eigenvalue weighted by Crippen LogP contribution is -2.65. The van der Waals surface area contributed by atoms with Gasteiger partial charge in [-0.1, -0.05) is 36.4 Å². The number of nitrogens with zero attached hydrogens (tertiary/aromatic N) is 2. The van der Waals surface area contributed by atoms with Crippen molar-refractivity contribution in [3.8, 4) is 6.07 Å². The smallest absolute Gasteiger partial charge is 0.251 e. The van der Waals surface area contributed by atoms with Crippen LogP contribution in [0, 0.1) is 22.6 Å². The number of H-pyrrole nitrogens is 1. The van der Waals surface area contributed by atoms with Gasteiger partial charge in [0, 0.05) is 46.1 Å². The number of fused-ring (bicyclic) bond motifs is 6. The van der Waals surface area contributed by atoms with E-state index in [1.165, 1.54) is 24.4 Å². The standard InChI is InChI=1S/C29H20FN5O3/c1-35-15-27(14-31,24(36)18-13-32-21-8-4-2-6-17(18)21)28(19-7-3-5-9-22(19)33-25(28)37)29(35)20-12-16(30)10-11-23(20)34-26(29)38/h2-13,32H,15H2,1H3,(H,33,37)(H,34,38)/t27-,28+,29-/m1/s1. The molecule has 9 heteroatoms. The minimum absolute atomic E-state index is 0.209. The molecule has 3 N–H and O–H groups in total. The van der Waals surface area contributed by atoms with Crippen LogP contribution in [0.4, 0.5) is 15.8 Å². The summed E-state index contributed by atoms with van der Waals surface area (Å²) in [4.78, 5) is 47.9. The minimum atomic E-state index is -2.05. The van der Waals surface area contributed by atoms with Gasteiger partial charge in [-0.2, -0.15) is 5.26 Å². The topological polar surface area (TPSA) is 118 Å². The fourth-order valence-electron chi connectivity index (χ4n) is 7.14. The number of rotatable bonds is 2. The summed E-state index contributed by atoms with van der Waals surface area (Å²) in [6.07, 6.45) is 1.53. The molecule has 3 aromatic carbocycles. The number of anilines is 2. The van der Waals surface area contributed by atoms with Crippen molar-refractivity contribution in [3.63, 3.8) is 0 Å². The molecule has 2 spiro atoms. The number of Topliss-reactive ketones (excluding diaryl/α,β-unsaturated/α-hetero) is 1. The number of carbonyl (C=O) groups excluding carboxylic acids is 3. The van der Waals surface area contributed by atoms with Crippen LogP contribution in [0.25, 0.3) is 10.9 Å². The fourth-order valence-corrected chi connectivity index (χ4v) is 7.14. The van der Waals surface area contributed by atoms with Gasteiger partial charge in [0.25, 0.3) is 5.91 Å². The summed E-state index contributed by atoms with van der Waals surface area (Å²) in [6.45, 7) is -0.243. The van der Waals surface area contributed by atoms with Crippen molar-refractivity contribution in [1.82, 2.24) is 9.88 Å². The SMILES string of the molecule is CN1C[C@](C#N)(C(=O)c2c[nH]c3ccccc23)[C@]2(C(=O)Nc3ccccc32)[C@@]12C(=O)Nc1ccc(F)cc12. The molecule has 0 bridgehead atoms. The number of amides is 2. The first-order chi connectivity index (χ1) is 18.3. The molecule has 8 nitrogen and oxygen atoms in total. The molecule has 1 fully saturated rings. The largest absolute Gasteiger partial charge is 0.360 e. The summed E-state index contributed by atoms with van der Waals surface area (Å²) >= 11 is 0. The molecule has 2 amide bonds. The average Bonchev–Trinajstić information content (AvgIpc) is 3.62. The normalized spacial score (nSPS) is 27.4. The lowest BCUT2D eigenvalue weighted by Gasteiger charge is -2.44. The number of hydrogen-bond acceptors (Lipinski definition) is 5. The molecule has 4 aromatic rings. The van der Waals surface area contributed by atoms with E-state index in [1.807, 2.05) is 12.1 Å². The molecule has 0 radical (unpaired) electrons. The van der Waals surface area contributed by atoms with E-state index in [-0.39, 0.29) is 17.7 Å². The molecular weight excluding hydrogens is 485 g/mol. The third-order valence-corrected chi connectivity index (χ3v) is 8.51. The van der Waals surface area contributed by atoms with Gasteiger partial charge in [0.1, 0.15) is 16.8 Å². The van der Waals surface area contributed by atoms with Crippen LogP contribution in [0.2, 0.25) is 0 Å². The Morgan fingerprint density at radius 1 is 0.974 bits per heavy atom. The first kappa shape index (κ1) is 22.4. The van der Waals surface area contributed by atoms with E-state index < -0.39 is 39.8 Å². The quantitative estimate of drug-likeness (QED) is 0.359. The predicted molar refractivity (Wildman–Crippen MR) is 137 cm³/mol. The molecule has 0 aliphatic carbocycles. The van der Waals surface area contributed by atoms with Gasteiger partial charge in [0.15, 0.2) is 11.2 Å². The molecule has 1 saturated heterocycles. The number of aromatic nitrogens is 1. The zero-order valence-electron chi connectivity index (χ0n) is 20.1. The number of carbonyl (C=O) groups is 3. The van der Waals surface area contributed by atoms with Crippen molar-refractivity contribution in [2.75, 3.05) is 24.2 Å². The second-order valence-corrected chi connectivity index (χ2v) is 10.1. The van der Waals surface area contributed by atoms with E-state index in [9.17, 15) is 24.0 Å². The summed E-state index contributed by atoms with van der Waals surface area (Å²) in [6, 6.07) is 20.0. The molecule has 3 aliphatic rings. The van der Waals surface area contributed by atoms with E-state index in [0.29, 0.717) is 27.8 Å². The molecular formula is C29H20FN5O3. The molecule has 4 heterocycles. The van der Waals surface area contributed by atoms with Crippen LogP contribution in [0.3, 0.4) is 0 Å². The van der Waals surface area contributed by atoms with Crippen LogP contribution >= 0.6 is 0 Å². The van der Waals surface area contributed by atoms with Gasteiger partial charge >= 0.3 is 0 Å². The van der Waals surface area contributed by atoms with Gasteiger partial charge in [-0.3, -0.25) is 19.3 Å². The first-order valence-corrected chi connectivity index (χ1v) is 12.1. The van der Waals surface area contributed by atoms with E-state index in [1.54, 1.807) is 48.3 Å². The number of para-hydroxylation sites is 2. The summed E-state index contributed by atoms with van der Waals surface area (Å²) in [7, 11) is 1.59. The van der Waals surface area contributed by atoms with Crippen LogP contribution in [-0.4, -0.2) is 41.1 Å². The third kappa shape index (κ3) is 2.22. The summed E-state index contributed by atoms with van der Waals surface area (Å²) in [5, 5.41) is 17.2. The molecule has 186 valence electrons. The highest BCUT2D eigenvalue weighted by atomic mass is 19.1. The Labute approximate surface area is 216 Å². The number of nitriles is 1. The summed E-state index contributed by atoms with van der Waals surface area (Å²) < 4.78 is 14.8. The maximum absolute atomic E-state index is 14.8. The maximum atomic E-state index is 14.8. The highest BCUT2D eigenvalue weighted by Gasteiger charge is 2.84. The highest BCUT2D eigenvalue weighted by molar-refractivity contribution is 6.24. The minimum Gasteiger partial charge on any atom is -0.360 e. The van der Waals surface area contributed by atoms with Gasteiger partial charge in [0.05, 0.1) is 6.07 Å². The lowest BCUT2D eigenvalue weighted by atomic mass is 9.51. The Hall–Kier alpha value is -4.81. The highest BCUT2D eigenvalue weighted by Crippen LogP contribution is 2.68. The molecule has 7 rings (SSSR count). The number of nitrogens with one attached hydrogen (secondary N) is 3. The van der Waals surface area contributed by atoms with Crippen LogP contribution in [0.15, 0.2) is 72.9 Å². The number of hydrogen-bond donors (Lipinski definition) is 3. The third-order valence-electron chi connectivity index (χ3n) is 8.51. The van der Waals surface area contributed by atoms with Gasteiger partial charge in [0.2, 0.25) is 5.91 Å². The molecule has 3 atom stereocenters. The Morgan fingerprint density at radius 2 is 1.68 bits per heavy atom. The van der Waals surface area contributed by atoms with Crippen molar-refractivity contribution in [2.45, 2.75) is 11.0 Å². The number of likely N-dealkylation sites (N-methyl/N-ethyl adjacent to an activating group) is 1. The number of halogens is 1.